The molecule has 0 radical (unpaired) electrons. The summed E-state index contributed by atoms with van der Waals surface area (Å²) in [4.78, 5) is 29.8. The molecule has 1 aliphatic rings. The monoisotopic (exact) mass is 311 g/mol. The third-order valence-corrected chi connectivity index (χ3v) is 4.36. The van der Waals surface area contributed by atoms with E-state index in [2.05, 4.69) is 10.3 Å². The Kier molecular flexibility index (Phi) is 3.94. The number of anilines is 1. The third kappa shape index (κ3) is 2.74. The summed E-state index contributed by atoms with van der Waals surface area (Å²) in [5, 5.41) is 2.80. The maximum absolute atomic E-state index is 12.8. The molecule has 1 aliphatic heterocycles. The second-order valence-corrected chi connectivity index (χ2v) is 6.14. The van der Waals surface area contributed by atoms with Gasteiger partial charge in [-0.25, -0.2) is 0 Å². The molecule has 2 N–H and O–H groups in total. The molecule has 0 fully saturated rings. The topological polar surface area (TPSA) is 65.2 Å². The fraction of sp³-hybridized carbons (Fsp3) is 0.333. The minimum absolute atomic E-state index is 0.0796. The van der Waals surface area contributed by atoms with Crippen molar-refractivity contribution in [3.63, 3.8) is 0 Å². The summed E-state index contributed by atoms with van der Waals surface area (Å²) >= 11 is 0. The lowest BCUT2D eigenvalue weighted by molar-refractivity contribution is -0.120. The summed E-state index contributed by atoms with van der Waals surface area (Å²) < 4.78 is 0. The van der Waals surface area contributed by atoms with Gasteiger partial charge in [0.1, 0.15) is 6.04 Å². The van der Waals surface area contributed by atoms with E-state index in [-0.39, 0.29) is 17.9 Å². The van der Waals surface area contributed by atoms with Crippen molar-refractivity contribution in [2.24, 2.45) is 0 Å². The zero-order valence-corrected chi connectivity index (χ0v) is 13.6. The van der Waals surface area contributed by atoms with E-state index in [1.165, 1.54) is 5.56 Å². The molecule has 0 saturated heterocycles. The SMILES string of the molecule is Cc1c[nH]cc1C(=O)NC(C)C(=O)N1c2ccccc2CC1C. The molecule has 2 atom stereocenters. The molecule has 5 heteroatoms. The average Bonchev–Trinajstić information content (AvgIpc) is 3.08. The number of hydrogen-bond acceptors (Lipinski definition) is 2. The average molecular weight is 311 g/mol. The number of H-pyrrole nitrogens is 1. The van der Waals surface area contributed by atoms with Crippen molar-refractivity contribution in [1.29, 1.82) is 0 Å². The Balaban J connectivity index is 1.75. The van der Waals surface area contributed by atoms with Crippen molar-refractivity contribution < 1.29 is 9.59 Å². The quantitative estimate of drug-likeness (QED) is 0.914. The van der Waals surface area contributed by atoms with Gasteiger partial charge in [-0.2, -0.15) is 0 Å². The van der Waals surface area contributed by atoms with E-state index in [9.17, 15) is 9.59 Å². The largest absolute Gasteiger partial charge is 0.367 e. The molecule has 23 heavy (non-hydrogen) atoms. The molecule has 0 aliphatic carbocycles. The van der Waals surface area contributed by atoms with Crippen LogP contribution in [0.25, 0.3) is 0 Å². The number of carbonyl (C=O) groups is 2. The van der Waals surface area contributed by atoms with Crippen molar-refractivity contribution in [1.82, 2.24) is 10.3 Å². The first-order valence-electron chi connectivity index (χ1n) is 7.84. The number of nitrogens with zero attached hydrogens (tertiary/aromatic N) is 1. The number of fused-ring (bicyclic) bond motifs is 1. The van der Waals surface area contributed by atoms with Crippen LogP contribution in [0.5, 0.6) is 0 Å². The summed E-state index contributed by atoms with van der Waals surface area (Å²) in [6.07, 6.45) is 4.26. The molecule has 2 aromatic rings. The molecule has 5 nitrogen and oxygen atoms in total. The summed E-state index contributed by atoms with van der Waals surface area (Å²) in [6, 6.07) is 7.45. The van der Waals surface area contributed by atoms with Crippen LogP contribution in [0.2, 0.25) is 0 Å². The van der Waals surface area contributed by atoms with Crippen LogP contribution in [0.3, 0.4) is 0 Å². The van der Waals surface area contributed by atoms with E-state index in [1.807, 2.05) is 38.1 Å². The van der Waals surface area contributed by atoms with Crippen molar-refractivity contribution in [2.75, 3.05) is 4.90 Å². The van der Waals surface area contributed by atoms with Gasteiger partial charge in [0.05, 0.1) is 5.56 Å². The highest BCUT2D eigenvalue weighted by Crippen LogP contribution is 2.32. The number of carbonyl (C=O) groups excluding carboxylic acids is 2. The molecule has 0 bridgehead atoms. The van der Waals surface area contributed by atoms with Crippen LogP contribution in [0.1, 0.15) is 35.3 Å². The molecule has 3 rings (SSSR count). The smallest absolute Gasteiger partial charge is 0.253 e. The van der Waals surface area contributed by atoms with Crippen molar-refractivity contribution in [3.05, 3.63) is 53.3 Å². The Morgan fingerprint density at radius 1 is 1.30 bits per heavy atom. The zero-order valence-electron chi connectivity index (χ0n) is 13.6. The van der Waals surface area contributed by atoms with Crippen molar-refractivity contribution in [3.8, 4) is 0 Å². The van der Waals surface area contributed by atoms with Crippen LogP contribution in [-0.4, -0.2) is 28.9 Å². The number of hydrogen-bond donors (Lipinski definition) is 2. The van der Waals surface area contributed by atoms with Gasteiger partial charge in [-0.1, -0.05) is 18.2 Å². The standard InChI is InChI=1S/C18H21N3O2/c1-11-9-19-10-15(11)17(22)20-13(3)18(23)21-12(2)8-14-6-4-5-7-16(14)21/h4-7,9-10,12-13,19H,8H2,1-3H3,(H,20,22). The Morgan fingerprint density at radius 2 is 2.04 bits per heavy atom. The van der Waals surface area contributed by atoms with E-state index in [4.69, 9.17) is 0 Å². The minimum Gasteiger partial charge on any atom is -0.367 e. The second kappa shape index (κ2) is 5.91. The number of amides is 2. The van der Waals surface area contributed by atoms with Gasteiger partial charge < -0.3 is 15.2 Å². The van der Waals surface area contributed by atoms with E-state index >= 15 is 0 Å². The van der Waals surface area contributed by atoms with Crippen molar-refractivity contribution in [2.45, 2.75) is 39.3 Å². The van der Waals surface area contributed by atoms with Gasteiger partial charge in [-0.15, -0.1) is 0 Å². The van der Waals surface area contributed by atoms with Gasteiger partial charge in [0.2, 0.25) is 5.91 Å². The van der Waals surface area contributed by atoms with Gasteiger partial charge in [0.15, 0.2) is 0 Å². The third-order valence-electron chi connectivity index (χ3n) is 4.36. The number of rotatable bonds is 3. The second-order valence-electron chi connectivity index (χ2n) is 6.14. The molecule has 120 valence electrons. The molecular weight excluding hydrogens is 290 g/mol. The number of para-hydroxylation sites is 1. The van der Waals surface area contributed by atoms with Gasteiger partial charge in [0, 0.05) is 24.1 Å². The van der Waals surface area contributed by atoms with E-state index < -0.39 is 6.04 Å². The summed E-state index contributed by atoms with van der Waals surface area (Å²) in [5.41, 5.74) is 3.55. The molecule has 2 amide bonds. The number of aromatic amines is 1. The number of aryl methyl sites for hydroxylation is 1. The summed E-state index contributed by atoms with van der Waals surface area (Å²) in [6.45, 7) is 5.62. The van der Waals surface area contributed by atoms with Gasteiger partial charge >= 0.3 is 0 Å². The summed E-state index contributed by atoms with van der Waals surface area (Å²) in [7, 11) is 0. The van der Waals surface area contributed by atoms with Gasteiger partial charge in [-0.05, 0) is 44.4 Å². The molecule has 0 saturated carbocycles. The Bertz CT molecular complexity index is 750. The Labute approximate surface area is 135 Å². The van der Waals surface area contributed by atoms with E-state index in [0.717, 1.165) is 17.7 Å². The van der Waals surface area contributed by atoms with Crippen LogP contribution >= 0.6 is 0 Å². The maximum Gasteiger partial charge on any atom is 0.253 e. The lowest BCUT2D eigenvalue weighted by atomic mass is 10.1. The highest BCUT2D eigenvalue weighted by molar-refractivity contribution is 6.03. The van der Waals surface area contributed by atoms with Crippen LogP contribution in [0.4, 0.5) is 5.69 Å². The first-order chi connectivity index (χ1) is 11.0. The molecule has 1 aromatic carbocycles. The number of benzene rings is 1. The lowest BCUT2D eigenvalue weighted by Crippen LogP contribution is -2.49. The van der Waals surface area contributed by atoms with E-state index in [1.54, 1.807) is 24.2 Å². The lowest BCUT2D eigenvalue weighted by Gasteiger charge is -2.26. The van der Waals surface area contributed by atoms with Crippen LogP contribution in [-0.2, 0) is 11.2 Å². The van der Waals surface area contributed by atoms with E-state index in [0.29, 0.717) is 5.56 Å². The normalized spacial score (nSPS) is 17.7. The van der Waals surface area contributed by atoms with Crippen LogP contribution < -0.4 is 10.2 Å². The minimum atomic E-state index is -0.578. The fourth-order valence-corrected chi connectivity index (χ4v) is 3.13. The molecule has 0 spiro atoms. The zero-order chi connectivity index (χ0) is 16.6. The summed E-state index contributed by atoms with van der Waals surface area (Å²) in [5.74, 6) is -0.311. The van der Waals surface area contributed by atoms with Crippen LogP contribution in [0, 0.1) is 6.92 Å². The van der Waals surface area contributed by atoms with Crippen LogP contribution in [0.15, 0.2) is 36.7 Å². The highest BCUT2D eigenvalue weighted by atomic mass is 16.2. The first-order valence-corrected chi connectivity index (χ1v) is 7.84. The Morgan fingerprint density at radius 3 is 2.74 bits per heavy atom. The fourth-order valence-electron chi connectivity index (χ4n) is 3.13. The van der Waals surface area contributed by atoms with Crippen molar-refractivity contribution >= 4 is 17.5 Å². The Hall–Kier alpha value is -2.56. The molecule has 2 unspecified atom stereocenters. The predicted molar refractivity (Wildman–Crippen MR) is 89.6 cm³/mol. The highest BCUT2D eigenvalue weighted by Gasteiger charge is 2.33. The van der Waals surface area contributed by atoms with Gasteiger partial charge in [-0.3, -0.25) is 9.59 Å². The maximum atomic E-state index is 12.8. The number of nitrogens with one attached hydrogen (secondary N) is 2. The number of aromatic nitrogens is 1. The molecule has 2 heterocycles. The molecule has 1 aromatic heterocycles. The predicted octanol–water partition coefficient (Wildman–Crippen LogP) is 2.42. The van der Waals surface area contributed by atoms with Gasteiger partial charge in [0.25, 0.3) is 5.91 Å². The first kappa shape index (κ1) is 15.3. The molecular formula is C18H21N3O2.